The van der Waals surface area contributed by atoms with Gasteiger partial charge >= 0.3 is 16.4 Å². The van der Waals surface area contributed by atoms with E-state index in [0.717, 1.165) is 16.7 Å². The van der Waals surface area contributed by atoms with Crippen LogP contribution in [-0.2, 0) is 35.4 Å². The van der Waals surface area contributed by atoms with Crippen LogP contribution in [0.3, 0.4) is 0 Å². The van der Waals surface area contributed by atoms with Gasteiger partial charge in [0.05, 0.1) is 29.9 Å². The van der Waals surface area contributed by atoms with E-state index in [1.807, 2.05) is 0 Å². The highest BCUT2D eigenvalue weighted by Crippen LogP contribution is 2.48. The average molecular weight is 487 g/mol. The van der Waals surface area contributed by atoms with Crippen LogP contribution in [0.2, 0.25) is 0 Å². The summed E-state index contributed by atoms with van der Waals surface area (Å²) < 4.78 is 35.3. The molecule has 2 amide bonds. The number of fused-ring (bicyclic) bond motifs is 1. The molecule has 0 spiro atoms. The molecule has 4 N–H and O–H groups in total. The number of carbonyl (C=O) groups is 3. The molecular formula is C19H22N2O9S2. The van der Waals surface area contributed by atoms with Gasteiger partial charge < -0.3 is 20.4 Å². The molecule has 174 valence electrons. The molecule has 1 aromatic carbocycles. The number of carboxylic acids is 1. The Hall–Kier alpha value is -2.61. The quantitative estimate of drug-likeness (QED) is 0.223. The summed E-state index contributed by atoms with van der Waals surface area (Å²) in [6.45, 7) is 2.96. The topological polar surface area (TPSA) is 171 Å². The predicted molar refractivity (Wildman–Crippen MR) is 113 cm³/mol. The molecule has 11 nitrogen and oxygen atoms in total. The number of carbonyl (C=O) groups excluding carboxylic acids is 2. The fourth-order valence-electron chi connectivity index (χ4n) is 3.93. The standard InChI is InChI=1S/C19H22N2O9S2/c1-9(30-32(27,28)29)16-12-8-14(17(19(25)26)21(12)18(16)24)31-10(2)20-15(23)7-11-5-3-4-6-13(11)22/h3-6,9-10,12,16,22H,7-8H2,1-2H3,(H,20,23)(H,25,26)(H,27,28,29)/t9-,10+,12+,16-/m0/s1. The van der Waals surface area contributed by atoms with Crippen molar-refractivity contribution in [2.45, 2.75) is 44.2 Å². The van der Waals surface area contributed by atoms with Crippen molar-refractivity contribution in [3.8, 4) is 5.75 Å². The van der Waals surface area contributed by atoms with Crippen LogP contribution in [0.15, 0.2) is 34.9 Å². The van der Waals surface area contributed by atoms with Crippen molar-refractivity contribution < 1.29 is 41.8 Å². The first kappa shape index (κ1) is 24.0. The minimum absolute atomic E-state index is 0.00946. The summed E-state index contributed by atoms with van der Waals surface area (Å²) in [6.07, 6.45) is -1.10. The van der Waals surface area contributed by atoms with Crippen LogP contribution in [0, 0.1) is 5.92 Å². The van der Waals surface area contributed by atoms with E-state index < -0.39 is 45.7 Å². The summed E-state index contributed by atoms with van der Waals surface area (Å²) in [7, 11) is -4.77. The van der Waals surface area contributed by atoms with Gasteiger partial charge in [0.2, 0.25) is 11.8 Å². The number of rotatable bonds is 9. The zero-order chi connectivity index (χ0) is 23.8. The van der Waals surface area contributed by atoms with E-state index in [1.165, 1.54) is 13.0 Å². The number of benzene rings is 1. The van der Waals surface area contributed by atoms with Crippen molar-refractivity contribution >= 4 is 39.9 Å². The number of thioether (sulfide) groups is 1. The number of aliphatic carboxylic acids is 1. The molecule has 1 saturated heterocycles. The van der Waals surface area contributed by atoms with Gasteiger partial charge in [-0.1, -0.05) is 18.2 Å². The largest absolute Gasteiger partial charge is 0.508 e. The molecule has 32 heavy (non-hydrogen) atoms. The first-order valence-electron chi connectivity index (χ1n) is 9.57. The number of hydrogen-bond acceptors (Lipinski definition) is 8. The highest BCUT2D eigenvalue weighted by molar-refractivity contribution is 8.03. The zero-order valence-corrected chi connectivity index (χ0v) is 18.7. The monoisotopic (exact) mass is 486 g/mol. The molecule has 13 heteroatoms. The molecule has 2 aliphatic rings. The van der Waals surface area contributed by atoms with Crippen molar-refractivity contribution in [2.24, 2.45) is 5.92 Å². The van der Waals surface area contributed by atoms with Gasteiger partial charge in [0, 0.05) is 16.9 Å². The molecular weight excluding hydrogens is 464 g/mol. The lowest BCUT2D eigenvalue weighted by atomic mass is 9.83. The number of para-hydroxylation sites is 1. The highest BCUT2D eigenvalue weighted by atomic mass is 32.3. The number of hydrogen-bond donors (Lipinski definition) is 4. The molecule has 0 unspecified atom stereocenters. The minimum Gasteiger partial charge on any atom is -0.508 e. The van der Waals surface area contributed by atoms with Gasteiger partial charge in [-0.3, -0.25) is 14.1 Å². The molecule has 0 radical (unpaired) electrons. The Labute approximate surface area is 188 Å². The Morgan fingerprint density at radius 1 is 1.31 bits per heavy atom. The Balaban J connectivity index is 1.67. The lowest BCUT2D eigenvalue weighted by Crippen LogP contribution is -2.62. The summed E-state index contributed by atoms with van der Waals surface area (Å²) >= 11 is 1.07. The number of phenols is 1. The fourth-order valence-corrected chi connectivity index (χ4v) is 5.61. The van der Waals surface area contributed by atoms with Crippen LogP contribution >= 0.6 is 11.8 Å². The molecule has 0 aromatic heterocycles. The van der Waals surface area contributed by atoms with Crippen LogP contribution in [0.1, 0.15) is 25.8 Å². The van der Waals surface area contributed by atoms with Crippen LogP contribution in [0.4, 0.5) is 0 Å². The first-order chi connectivity index (χ1) is 14.9. The maximum atomic E-state index is 12.5. The molecule has 1 aromatic rings. The molecule has 2 heterocycles. The molecule has 3 rings (SSSR count). The van der Waals surface area contributed by atoms with Gasteiger partial charge in [-0.15, -0.1) is 11.8 Å². The number of nitrogens with zero attached hydrogens (tertiary/aromatic N) is 1. The van der Waals surface area contributed by atoms with Gasteiger partial charge in [-0.2, -0.15) is 8.42 Å². The predicted octanol–water partition coefficient (Wildman–Crippen LogP) is 0.865. The molecule has 2 aliphatic heterocycles. The van der Waals surface area contributed by atoms with Crippen LogP contribution in [0.5, 0.6) is 5.75 Å². The Kier molecular flexibility index (Phi) is 6.83. The summed E-state index contributed by atoms with van der Waals surface area (Å²) in [5, 5.41) is 21.6. The number of nitrogens with one attached hydrogen (secondary N) is 1. The first-order valence-corrected chi connectivity index (χ1v) is 11.8. The lowest BCUT2D eigenvalue weighted by Gasteiger charge is -2.45. The van der Waals surface area contributed by atoms with Crippen LogP contribution < -0.4 is 5.32 Å². The van der Waals surface area contributed by atoms with Gasteiger partial charge in [0.25, 0.3) is 0 Å². The molecule has 0 aliphatic carbocycles. The van der Waals surface area contributed by atoms with Crippen molar-refractivity contribution in [2.75, 3.05) is 0 Å². The molecule has 0 bridgehead atoms. The summed E-state index contributed by atoms with van der Waals surface area (Å²) in [6, 6.07) is 5.77. The second-order valence-corrected chi connectivity index (χ2v) is 9.93. The smallest absolute Gasteiger partial charge is 0.397 e. The lowest BCUT2D eigenvalue weighted by molar-refractivity contribution is -0.160. The summed E-state index contributed by atoms with van der Waals surface area (Å²) in [4.78, 5) is 38.0. The van der Waals surface area contributed by atoms with Crippen LogP contribution in [-0.4, -0.2) is 63.4 Å². The van der Waals surface area contributed by atoms with Crippen LogP contribution in [0.25, 0.3) is 0 Å². The van der Waals surface area contributed by atoms with E-state index >= 15 is 0 Å². The van der Waals surface area contributed by atoms with Crippen molar-refractivity contribution in [3.05, 3.63) is 40.4 Å². The van der Waals surface area contributed by atoms with Crippen molar-refractivity contribution in [3.63, 3.8) is 0 Å². The summed E-state index contributed by atoms with van der Waals surface area (Å²) in [5.74, 6) is -3.26. The molecule has 0 saturated carbocycles. The minimum atomic E-state index is -4.77. The second-order valence-electron chi connectivity index (χ2n) is 7.44. The average Bonchev–Trinajstić information content (AvgIpc) is 2.96. The van der Waals surface area contributed by atoms with E-state index in [2.05, 4.69) is 9.50 Å². The van der Waals surface area contributed by atoms with Gasteiger partial charge in [0.1, 0.15) is 11.4 Å². The van der Waals surface area contributed by atoms with Crippen molar-refractivity contribution in [1.82, 2.24) is 10.2 Å². The van der Waals surface area contributed by atoms with Gasteiger partial charge in [-0.25, -0.2) is 8.98 Å². The van der Waals surface area contributed by atoms with Gasteiger partial charge in [0.15, 0.2) is 0 Å². The number of phenolic OH excluding ortho intramolecular Hbond substituents is 1. The Morgan fingerprint density at radius 3 is 2.56 bits per heavy atom. The number of β-lactam (4-membered cyclic amide) rings is 1. The maximum absolute atomic E-state index is 12.5. The zero-order valence-electron chi connectivity index (χ0n) is 17.1. The normalized spacial score (nSPS) is 22.2. The van der Waals surface area contributed by atoms with Gasteiger partial charge in [-0.05, 0) is 19.9 Å². The maximum Gasteiger partial charge on any atom is 0.397 e. The number of aromatic hydroxyl groups is 1. The van der Waals surface area contributed by atoms with E-state index in [-0.39, 0.29) is 30.2 Å². The Morgan fingerprint density at radius 2 is 1.97 bits per heavy atom. The third kappa shape index (κ3) is 5.06. The number of amides is 2. The van der Waals surface area contributed by atoms with E-state index in [1.54, 1.807) is 25.1 Å². The third-order valence-corrected chi connectivity index (χ3v) is 6.84. The van der Waals surface area contributed by atoms with E-state index in [9.17, 15) is 33.0 Å². The SMILES string of the molecule is C[C@H](NC(=O)Cc1ccccc1O)SC1=C(C(=O)O)N2C(=O)[C@@H]([C@H](C)OS(=O)(=O)O)[C@H]2C1. The molecule has 4 atom stereocenters. The van der Waals surface area contributed by atoms with Crippen molar-refractivity contribution in [1.29, 1.82) is 0 Å². The fraction of sp³-hybridized carbons (Fsp3) is 0.421. The third-order valence-electron chi connectivity index (χ3n) is 5.18. The van der Waals surface area contributed by atoms with E-state index in [4.69, 9.17) is 4.55 Å². The Bertz CT molecular complexity index is 1090. The molecule has 1 fully saturated rings. The second kappa shape index (κ2) is 9.10. The van der Waals surface area contributed by atoms with E-state index in [0.29, 0.717) is 10.5 Å². The highest BCUT2D eigenvalue weighted by Gasteiger charge is 2.58. The number of carboxylic acid groups (broad SMARTS) is 1. The summed E-state index contributed by atoms with van der Waals surface area (Å²) in [5.41, 5.74) is 0.223.